The number of hydrogen-bond donors (Lipinski definition) is 2. The maximum atomic E-state index is 12.2. The van der Waals surface area contributed by atoms with Crippen LogP contribution in [0.25, 0.3) is 0 Å². The Balaban J connectivity index is 2.18. The SMILES string of the molecule is CCCC(NC(=O)c1cnc(C)nc1C1CC1)C(=O)O. The first kappa shape index (κ1) is 14.4. The van der Waals surface area contributed by atoms with E-state index in [1.165, 1.54) is 6.20 Å². The minimum atomic E-state index is -1.01. The molecule has 6 heteroatoms. The Morgan fingerprint density at radius 2 is 2.20 bits per heavy atom. The fourth-order valence-corrected chi connectivity index (χ4v) is 2.11. The van der Waals surface area contributed by atoms with Gasteiger partial charge in [0.25, 0.3) is 5.91 Å². The molecule has 0 saturated heterocycles. The van der Waals surface area contributed by atoms with Crippen molar-refractivity contribution in [2.45, 2.75) is 51.5 Å². The van der Waals surface area contributed by atoms with Gasteiger partial charge in [-0.25, -0.2) is 14.8 Å². The molecule has 2 rings (SSSR count). The van der Waals surface area contributed by atoms with Crippen LogP contribution >= 0.6 is 0 Å². The van der Waals surface area contributed by atoms with Crippen molar-refractivity contribution in [2.24, 2.45) is 0 Å². The van der Waals surface area contributed by atoms with Crippen LogP contribution in [0.4, 0.5) is 0 Å². The Labute approximate surface area is 117 Å². The average Bonchev–Trinajstić information content (AvgIpc) is 3.22. The Hall–Kier alpha value is -1.98. The third-order valence-electron chi connectivity index (χ3n) is 3.33. The van der Waals surface area contributed by atoms with E-state index >= 15 is 0 Å². The van der Waals surface area contributed by atoms with Crippen molar-refractivity contribution in [1.29, 1.82) is 0 Å². The number of carboxylic acid groups (broad SMARTS) is 1. The molecular weight excluding hydrogens is 258 g/mol. The van der Waals surface area contributed by atoms with Gasteiger partial charge in [-0.1, -0.05) is 13.3 Å². The standard InChI is InChI=1S/C14H19N3O3/c1-3-4-11(14(19)20)17-13(18)10-7-15-8(2)16-12(10)9-5-6-9/h7,9,11H,3-6H2,1-2H3,(H,17,18)(H,19,20). The zero-order valence-electron chi connectivity index (χ0n) is 11.7. The molecule has 1 atom stereocenters. The predicted octanol–water partition coefficient (Wildman–Crippen LogP) is 1.65. The van der Waals surface area contributed by atoms with E-state index in [1.807, 2.05) is 6.92 Å². The molecule has 1 saturated carbocycles. The van der Waals surface area contributed by atoms with E-state index in [9.17, 15) is 9.59 Å². The van der Waals surface area contributed by atoms with E-state index in [2.05, 4.69) is 15.3 Å². The van der Waals surface area contributed by atoms with Crippen LogP contribution in [0, 0.1) is 6.92 Å². The van der Waals surface area contributed by atoms with Crippen molar-refractivity contribution in [3.63, 3.8) is 0 Å². The van der Waals surface area contributed by atoms with E-state index in [0.717, 1.165) is 18.5 Å². The maximum absolute atomic E-state index is 12.2. The summed E-state index contributed by atoms with van der Waals surface area (Å²) in [5.74, 6) is -0.465. The molecule has 0 radical (unpaired) electrons. The molecule has 20 heavy (non-hydrogen) atoms. The summed E-state index contributed by atoms with van der Waals surface area (Å²) in [6.07, 6.45) is 4.64. The van der Waals surface area contributed by atoms with Gasteiger partial charge < -0.3 is 10.4 Å². The summed E-state index contributed by atoms with van der Waals surface area (Å²) in [4.78, 5) is 31.7. The number of carbonyl (C=O) groups excluding carboxylic acids is 1. The number of nitrogens with zero attached hydrogens (tertiary/aromatic N) is 2. The van der Waals surface area contributed by atoms with Crippen molar-refractivity contribution in [3.05, 3.63) is 23.3 Å². The molecule has 1 aromatic rings. The molecule has 0 spiro atoms. The minimum absolute atomic E-state index is 0.312. The molecule has 1 amide bonds. The molecule has 0 bridgehead atoms. The van der Waals surface area contributed by atoms with Crippen molar-refractivity contribution in [2.75, 3.05) is 0 Å². The summed E-state index contributed by atoms with van der Waals surface area (Å²) < 4.78 is 0. The van der Waals surface area contributed by atoms with Crippen LogP contribution in [0.15, 0.2) is 6.20 Å². The third kappa shape index (κ3) is 3.31. The van der Waals surface area contributed by atoms with Crippen LogP contribution in [0.5, 0.6) is 0 Å². The van der Waals surface area contributed by atoms with Gasteiger partial charge in [0.2, 0.25) is 0 Å². The minimum Gasteiger partial charge on any atom is -0.480 e. The first-order valence-electron chi connectivity index (χ1n) is 6.90. The molecule has 1 heterocycles. The van der Waals surface area contributed by atoms with Gasteiger partial charge in [0.1, 0.15) is 11.9 Å². The lowest BCUT2D eigenvalue weighted by atomic mass is 10.1. The normalized spacial score (nSPS) is 15.7. The molecule has 1 unspecified atom stereocenters. The summed E-state index contributed by atoms with van der Waals surface area (Å²) in [7, 11) is 0. The molecular formula is C14H19N3O3. The van der Waals surface area contributed by atoms with E-state index in [4.69, 9.17) is 5.11 Å². The second-order valence-electron chi connectivity index (χ2n) is 5.14. The molecule has 0 aliphatic heterocycles. The number of hydrogen-bond acceptors (Lipinski definition) is 4. The third-order valence-corrected chi connectivity index (χ3v) is 3.33. The number of aryl methyl sites for hydroxylation is 1. The average molecular weight is 277 g/mol. The largest absolute Gasteiger partial charge is 0.480 e. The Morgan fingerprint density at radius 3 is 2.75 bits per heavy atom. The maximum Gasteiger partial charge on any atom is 0.326 e. The number of amides is 1. The second-order valence-corrected chi connectivity index (χ2v) is 5.14. The first-order chi connectivity index (χ1) is 9.52. The topological polar surface area (TPSA) is 92.2 Å². The lowest BCUT2D eigenvalue weighted by Gasteiger charge is -2.15. The quantitative estimate of drug-likeness (QED) is 0.824. The van der Waals surface area contributed by atoms with E-state index < -0.39 is 17.9 Å². The highest BCUT2D eigenvalue weighted by molar-refractivity contribution is 5.97. The number of rotatable bonds is 6. The highest BCUT2D eigenvalue weighted by Gasteiger charge is 2.31. The zero-order valence-corrected chi connectivity index (χ0v) is 11.7. The van der Waals surface area contributed by atoms with Gasteiger partial charge in [-0.05, 0) is 26.2 Å². The van der Waals surface area contributed by atoms with Gasteiger partial charge in [-0.2, -0.15) is 0 Å². The van der Waals surface area contributed by atoms with E-state index in [1.54, 1.807) is 6.92 Å². The van der Waals surface area contributed by atoms with Gasteiger partial charge in [-0.3, -0.25) is 4.79 Å². The Bertz CT molecular complexity index is 526. The number of carbonyl (C=O) groups is 2. The smallest absolute Gasteiger partial charge is 0.326 e. The monoisotopic (exact) mass is 277 g/mol. The highest BCUT2D eigenvalue weighted by Crippen LogP contribution is 2.40. The molecule has 1 fully saturated rings. The molecule has 108 valence electrons. The fraction of sp³-hybridized carbons (Fsp3) is 0.571. The van der Waals surface area contributed by atoms with Crippen LogP contribution < -0.4 is 5.32 Å². The predicted molar refractivity (Wildman–Crippen MR) is 72.5 cm³/mol. The van der Waals surface area contributed by atoms with Crippen LogP contribution in [0.1, 0.15) is 60.4 Å². The number of carboxylic acids is 1. The summed E-state index contributed by atoms with van der Waals surface area (Å²) >= 11 is 0. The molecule has 0 aromatic carbocycles. The first-order valence-corrected chi connectivity index (χ1v) is 6.90. The van der Waals surface area contributed by atoms with Crippen molar-refractivity contribution in [1.82, 2.24) is 15.3 Å². The molecule has 6 nitrogen and oxygen atoms in total. The molecule has 1 aliphatic carbocycles. The van der Waals surface area contributed by atoms with E-state index in [0.29, 0.717) is 30.1 Å². The van der Waals surface area contributed by atoms with Crippen LogP contribution in [-0.2, 0) is 4.79 Å². The van der Waals surface area contributed by atoms with Gasteiger partial charge in [0, 0.05) is 12.1 Å². The van der Waals surface area contributed by atoms with Gasteiger partial charge in [0.15, 0.2) is 0 Å². The zero-order chi connectivity index (χ0) is 14.7. The lowest BCUT2D eigenvalue weighted by molar-refractivity contribution is -0.139. The Morgan fingerprint density at radius 1 is 1.50 bits per heavy atom. The molecule has 2 N–H and O–H groups in total. The summed E-state index contributed by atoms with van der Waals surface area (Å²) in [5, 5.41) is 11.6. The van der Waals surface area contributed by atoms with Crippen LogP contribution in [0.3, 0.4) is 0 Å². The fourth-order valence-electron chi connectivity index (χ4n) is 2.11. The lowest BCUT2D eigenvalue weighted by Crippen LogP contribution is -2.41. The molecule has 1 aliphatic rings. The summed E-state index contributed by atoms with van der Waals surface area (Å²) in [6, 6.07) is -0.860. The second kappa shape index (κ2) is 5.98. The molecule has 1 aromatic heterocycles. The number of aliphatic carboxylic acids is 1. The summed E-state index contributed by atoms with van der Waals surface area (Å²) in [5.41, 5.74) is 1.15. The highest BCUT2D eigenvalue weighted by atomic mass is 16.4. The summed E-state index contributed by atoms with van der Waals surface area (Å²) in [6.45, 7) is 3.66. The van der Waals surface area contributed by atoms with E-state index in [-0.39, 0.29) is 0 Å². The van der Waals surface area contributed by atoms with Crippen LogP contribution in [0.2, 0.25) is 0 Å². The van der Waals surface area contributed by atoms with Crippen molar-refractivity contribution < 1.29 is 14.7 Å². The number of aromatic nitrogens is 2. The van der Waals surface area contributed by atoms with Gasteiger partial charge in [0.05, 0.1) is 11.3 Å². The van der Waals surface area contributed by atoms with Gasteiger partial charge in [-0.15, -0.1) is 0 Å². The van der Waals surface area contributed by atoms with Crippen molar-refractivity contribution in [3.8, 4) is 0 Å². The number of nitrogens with one attached hydrogen (secondary N) is 1. The van der Waals surface area contributed by atoms with Gasteiger partial charge >= 0.3 is 5.97 Å². The Kier molecular flexibility index (Phi) is 4.32. The van der Waals surface area contributed by atoms with Crippen LogP contribution in [-0.4, -0.2) is 33.0 Å². The van der Waals surface area contributed by atoms with Crippen molar-refractivity contribution >= 4 is 11.9 Å².